The van der Waals surface area contributed by atoms with Gasteiger partial charge in [-0.15, -0.1) is 0 Å². The molecule has 0 aliphatic carbocycles. The number of nitrogens with one attached hydrogen (secondary N) is 1. The minimum absolute atomic E-state index is 0.247. The van der Waals surface area contributed by atoms with Crippen molar-refractivity contribution in [3.8, 4) is 5.75 Å². The summed E-state index contributed by atoms with van der Waals surface area (Å²) in [6.07, 6.45) is 1.33. The number of rotatable bonds is 4. The smallest absolute Gasteiger partial charge is 0.256 e. The minimum atomic E-state index is -0.572. The zero-order valence-corrected chi connectivity index (χ0v) is 16.6. The van der Waals surface area contributed by atoms with Gasteiger partial charge in [0.15, 0.2) is 0 Å². The van der Waals surface area contributed by atoms with Crippen molar-refractivity contribution in [3.63, 3.8) is 0 Å². The number of likely N-dealkylation sites (tertiary alicyclic amines) is 1. The molecule has 3 rings (SSSR count). The second-order valence-electron chi connectivity index (χ2n) is 6.47. The number of aryl methyl sites for hydroxylation is 1. The van der Waals surface area contributed by atoms with Gasteiger partial charge in [0.25, 0.3) is 5.91 Å². The zero-order valence-electron chi connectivity index (χ0n) is 15.1. The van der Waals surface area contributed by atoms with Crippen LogP contribution in [-0.4, -0.2) is 36.4 Å². The highest BCUT2D eigenvalue weighted by Crippen LogP contribution is 2.29. The summed E-state index contributed by atoms with van der Waals surface area (Å²) in [7, 11) is 1.55. The van der Waals surface area contributed by atoms with Gasteiger partial charge in [-0.1, -0.05) is 29.3 Å². The molecule has 1 unspecified atom stereocenters. The summed E-state index contributed by atoms with van der Waals surface area (Å²) in [5, 5.41) is 3.63. The Labute approximate surface area is 168 Å². The first kappa shape index (κ1) is 19.5. The molecule has 1 fully saturated rings. The Balaban J connectivity index is 1.82. The lowest BCUT2D eigenvalue weighted by atomic mass is 10.1. The third-order valence-electron chi connectivity index (χ3n) is 4.59. The van der Waals surface area contributed by atoms with E-state index >= 15 is 0 Å². The number of benzene rings is 2. The molecule has 2 aromatic rings. The Morgan fingerprint density at radius 2 is 1.96 bits per heavy atom. The lowest BCUT2D eigenvalue weighted by molar-refractivity contribution is -0.119. The van der Waals surface area contributed by atoms with Crippen LogP contribution in [0.4, 0.5) is 5.69 Å². The van der Waals surface area contributed by atoms with Crippen molar-refractivity contribution >= 4 is 40.7 Å². The molecule has 1 saturated heterocycles. The highest BCUT2D eigenvalue weighted by molar-refractivity contribution is 6.35. The van der Waals surface area contributed by atoms with E-state index in [0.29, 0.717) is 40.0 Å². The van der Waals surface area contributed by atoms with Gasteiger partial charge in [0.2, 0.25) is 5.91 Å². The summed E-state index contributed by atoms with van der Waals surface area (Å²) in [6.45, 7) is 2.42. The number of carbonyl (C=O) groups excluding carboxylic acids is 2. The number of methoxy groups -OCH3 is 1. The van der Waals surface area contributed by atoms with Gasteiger partial charge in [-0.3, -0.25) is 9.59 Å². The molecule has 5 nitrogen and oxygen atoms in total. The van der Waals surface area contributed by atoms with E-state index in [0.717, 1.165) is 12.0 Å². The van der Waals surface area contributed by atoms with Gasteiger partial charge in [-0.05, 0) is 55.7 Å². The zero-order chi connectivity index (χ0) is 19.6. The Bertz CT molecular complexity index is 886. The van der Waals surface area contributed by atoms with E-state index in [1.54, 1.807) is 30.2 Å². The van der Waals surface area contributed by atoms with Crippen molar-refractivity contribution in [1.82, 2.24) is 4.90 Å². The van der Waals surface area contributed by atoms with Crippen LogP contribution in [0.1, 0.15) is 28.8 Å². The average Bonchev–Trinajstić information content (AvgIpc) is 3.13. The number of anilines is 1. The maximum Gasteiger partial charge on any atom is 0.256 e. The van der Waals surface area contributed by atoms with E-state index in [-0.39, 0.29) is 11.8 Å². The topological polar surface area (TPSA) is 58.6 Å². The van der Waals surface area contributed by atoms with E-state index < -0.39 is 6.04 Å². The molecule has 1 aliphatic rings. The molecule has 0 saturated carbocycles. The predicted octanol–water partition coefficient (Wildman–Crippen LogP) is 4.55. The predicted molar refractivity (Wildman–Crippen MR) is 107 cm³/mol. The maximum atomic E-state index is 12.9. The van der Waals surface area contributed by atoms with E-state index in [1.807, 2.05) is 19.1 Å². The quantitative estimate of drug-likeness (QED) is 0.809. The first-order valence-corrected chi connectivity index (χ1v) is 9.38. The Morgan fingerprint density at radius 1 is 1.19 bits per heavy atom. The Hall–Kier alpha value is -2.24. The third-order valence-corrected chi connectivity index (χ3v) is 5.15. The summed E-state index contributed by atoms with van der Waals surface area (Å²) in [5.41, 5.74) is 1.88. The summed E-state index contributed by atoms with van der Waals surface area (Å²) >= 11 is 12.2. The number of hydrogen-bond donors (Lipinski definition) is 1. The highest BCUT2D eigenvalue weighted by Gasteiger charge is 2.35. The lowest BCUT2D eigenvalue weighted by Crippen LogP contribution is -2.43. The van der Waals surface area contributed by atoms with Crippen molar-refractivity contribution in [2.24, 2.45) is 0 Å². The number of ether oxygens (including phenoxy) is 1. The fourth-order valence-corrected chi connectivity index (χ4v) is 3.60. The molecule has 0 spiro atoms. The number of hydrogen-bond acceptors (Lipinski definition) is 3. The van der Waals surface area contributed by atoms with Crippen molar-refractivity contribution in [1.29, 1.82) is 0 Å². The van der Waals surface area contributed by atoms with Crippen molar-refractivity contribution in [2.45, 2.75) is 25.8 Å². The van der Waals surface area contributed by atoms with Gasteiger partial charge < -0.3 is 15.0 Å². The van der Waals surface area contributed by atoms with Crippen LogP contribution >= 0.6 is 23.2 Å². The molecule has 7 heteroatoms. The first-order chi connectivity index (χ1) is 12.9. The summed E-state index contributed by atoms with van der Waals surface area (Å²) < 4.78 is 5.31. The van der Waals surface area contributed by atoms with Gasteiger partial charge in [-0.25, -0.2) is 0 Å². The van der Waals surface area contributed by atoms with Crippen LogP contribution in [-0.2, 0) is 4.79 Å². The van der Waals surface area contributed by atoms with Gasteiger partial charge in [0, 0.05) is 11.6 Å². The molecular formula is C20H20Cl2N2O3. The fraction of sp³-hybridized carbons (Fsp3) is 0.300. The van der Waals surface area contributed by atoms with Gasteiger partial charge >= 0.3 is 0 Å². The van der Waals surface area contributed by atoms with Crippen LogP contribution in [0.25, 0.3) is 0 Å². The summed E-state index contributed by atoms with van der Waals surface area (Å²) in [5.74, 6) is 0.0296. The van der Waals surface area contributed by atoms with Crippen LogP contribution in [0.2, 0.25) is 10.0 Å². The average molecular weight is 407 g/mol. The van der Waals surface area contributed by atoms with Crippen molar-refractivity contribution in [3.05, 3.63) is 57.6 Å². The summed E-state index contributed by atoms with van der Waals surface area (Å²) in [4.78, 5) is 27.4. The van der Waals surface area contributed by atoms with Gasteiger partial charge in [0.1, 0.15) is 11.8 Å². The second kappa shape index (κ2) is 8.19. The molecule has 2 aromatic carbocycles. The van der Waals surface area contributed by atoms with Crippen molar-refractivity contribution in [2.75, 3.05) is 19.0 Å². The summed E-state index contributed by atoms with van der Waals surface area (Å²) in [6, 6.07) is 9.71. The second-order valence-corrected chi connectivity index (χ2v) is 7.32. The molecule has 1 N–H and O–H groups in total. The van der Waals surface area contributed by atoms with E-state index in [4.69, 9.17) is 27.9 Å². The number of amides is 2. The first-order valence-electron chi connectivity index (χ1n) is 8.62. The standard InChI is InChI=1S/C20H20Cl2N2O3/c1-12-5-8-18(27-2)16(10-12)23-19(25)17-4-3-9-24(17)20(26)14-11-13(21)6-7-15(14)22/h5-8,10-11,17H,3-4,9H2,1-2H3,(H,23,25). The van der Waals surface area contributed by atoms with Crippen LogP contribution in [0.3, 0.4) is 0 Å². The minimum Gasteiger partial charge on any atom is -0.495 e. The number of carbonyl (C=O) groups is 2. The Kier molecular flexibility index (Phi) is 5.92. The number of halogens is 2. The molecule has 0 bridgehead atoms. The fourth-order valence-electron chi connectivity index (χ4n) is 3.23. The molecule has 1 atom stereocenters. The number of nitrogens with zero attached hydrogens (tertiary/aromatic N) is 1. The highest BCUT2D eigenvalue weighted by atomic mass is 35.5. The third kappa shape index (κ3) is 4.20. The van der Waals surface area contributed by atoms with Crippen LogP contribution < -0.4 is 10.1 Å². The molecule has 1 aliphatic heterocycles. The molecular weight excluding hydrogens is 387 g/mol. The van der Waals surface area contributed by atoms with E-state index in [2.05, 4.69) is 5.32 Å². The molecule has 0 aromatic heterocycles. The monoisotopic (exact) mass is 406 g/mol. The molecule has 2 amide bonds. The maximum absolute atomic E-state index is 12.9. The Morgan fingerprint density at radius 3 is 2.70 bits per heavy atom. The van der Waals surface area contributed by atoms with Gasteiger partial charge in [-0.2, -0.15) is 0 Å². The van der Waals surface area contributed by atoms with Crippen molar-refractivity contribution < 1.29 is 14.3 Å². The lowest BCUT2D eigenvalue weighted by Gasteiger charge is -2.25. The van der Waals surface area contributed by atoms with Crippen LogP contribution in [0, 0.1) is 6.92 Å². The van der Waals surface area contributed by atoms with Gasteiger partial charge in [0.05, 0.1) is 23.4 Å². The normalized spacial score (nSPS) is 16.3. The molecule has 142 valence electrons. The molecule has 27 heavy (non-hydrogen) atoms. The molecule has 0 radical (unpaired) electrons. The molecule has 1 heterocycles. The largest absolute Gasteiger partial charge is 0.495 e. The van der Waals surface area contributed by atoms with E-state index in [1.165, 1.54) is 6.07 Å². The van der Waals surface area contributed by atoms with Crippen LogP contribution in [0.15, 0.2) is 36.4 Å². The van der Waals surface area contributed by atoms with Crippen LogP contribution in [0.5, 0.6) is 5.75 Å². The van der Waals surface area contributed by atoms with E-state index in [9.17, 15) is 9.59 Å². The SMILES string of the molecule is COc1ccc(C)cc1NC(=O)C1CCCN1C(=O)c1cc(Cl)ccc1Cl.